The van der Waals surface area contributed by atoms with Crippen molar-refractivity contribution in [3.63, 3.8) is 0 Å². The van der Waals surface area contributed by atoms with Crippen LogP contribution in [-0.2, 0) is 12.8 Å². The smallest absolute Gasteiger partial charge is 0.231 e. The number of aromatic nitrogens is 2. The molecule has 0 unspecified atom stereocenters. The fraction of sp³-hybridized carbons (Fsp3) is 0.238. The molecule has 2 heterocycles. The maximum atomic E-state index is 6.26. The Morgan fingerprint density at radius 1 is 0.960 bits per heavy atom. The van der Waals surface area contributed by atoms with E-state index in [1.807, 2.05) is 24.3 Å². The molecular formula is C21H18N2OS. The average Bonchev–Trinajstić information content (AvgIpc) is 2.99. The second-order valence-electron chi connectivity index (χ2n) is 6.58. The summed E-state index contributed by atoms with van der Waals surface area (Å²) < 4.78 is 6.26. The Hall–Kier alpha value is -2.46. The first-order valence-electron chi connectivity index (χ1n) is 8.73. The van der Waals surface area contributed by atoms with Crippen molar-refractivity contribution in [3.8, 4) is 11.6 Å². The molecule has 0 saturated heterocycles. The topological polar surface area (TPSA) is 35.0 Å². The minimum atomic E-state index is 0.706. The lowest BCUT2D eigenvalue weighted by Crippen LogP contribution is -2.00. The predicted molar refractivity (Wildman–Crippen MR) is 103 cm³/mol. The number of thiophene rings is 1. The predicted octanol–water partition coefficient (Wildman–Crippen LogP) is 5.82. The van der Waals surface area contributed by atoms with Crippen LogP contribution in [0.1, 0.15) is 29.1 Å². The molecule has 2 aromatic carbocycles. The Morgan fingerprint density at radius 2 is 1.80 bits per heavy atom. The van der Waals surface area contributed by atoms with E-state index in [1.165, 1.54) is 34.1 Å². The van der Waals surface area contributed by atoms with E-state index in [9.17, 15) is 0 Å². The molecule has 0 saturated carbocycles. The summed E-state index contributed by atoms with van der Waals surface area (Å²) in [5.41, 5.74) is 1.40. The number of hydrogen-bond donors (Lipinski definition) is 0. The molecule has 4 heteroatoms. The number of ether oxygens (including phenoxy) is 1. The molecule has 2 aromatic heterocycles. The summed E-state index contributed by atoms with van der Waals surface area (Å²) in [6.45, 7) is 1.94. The molecule has 0 atom stereocenters. The number of rotatable bonds is 2. The highest BCUT2D eigenvalue weighted by molar-refractivity contribution is 7.18. The van der Waals surface area contributed by atoms with Gasteiger partial charge in [0, 0.05) is 4.88 Å². The quantitative estimate of drug-likeness (QED) is 0.458. The van der Waals surface area contributed by atoms with Gasteiger partial charge in [0.15, 0.2) is 0 Å². The number of hydrogen-bond acceptors (Lipinski definition) is 4. The van der Waals surface area contributed by atoms with Crippen molar-refractivity contribution in [1.29, 1.82) is 0 Å². The van der Waals surface area contributed by atoms with Crippen LogP contribution in [0.15, 0.2) is 42.5 Å². The van der Waals surface area contributed by atoms with Gasteiger partial charge in [-0.05, 0) is 61.1 Å². The van der Waals surface area contributed by atoms with Crippen LogP contribution in [0.4, 0.5) is 0 Å². The van der Waals surface area contributed by atoms with Gasteiger partial charge in [0.25, 0.3) is 0 Å². The van der Waals surface area contributed by atoms with Crippen LogP contribution in [0, 0.1) is 6.92 Å². The molecule has 5 rings (SSSR count). The molecule has 0 spiro atoms. The fourth-order valence-electron chi connectivity index (χ4n) is 3.64. The van der Waals surface area contributed by atoms with Gasteiger partial charge in [0.05, 0.1) is 5.39 Å². The first-order chi connectivity index (χ1) is 12.3. The van der Waals surface area contributed by atoms with Crippen LogP contribution in [0.5, 0.6) is 11.6 Å². The van der Waals surface area contributed by atoms with E-state index in [2.05, 4.69) is 46.4 Å². The third-order valence-corrected chi connectivity index (χ3v) is 6.01. The SMILES string of the molecule is Cc1nc(Oc2ccc3ccccc3c2)c2c3c(sc2n1)CCCC3. The van der Waals surface area contributed by atoms with E-state index in [1.54, 1.807) is 0 Å². The molecule has 25 heavy (non-hydrogen) atoms. The average molecular weight is 346 g/mol. The third-order valence-electron chi connectivity index (χ3n) is 4.83. The summed E-state index contributed by atoms with van der Waals surface area (Å²) in [6.07, 6.45) is 4.77. The van der Waals surface area contributed by atoms with Gasteiger partial charge in [0.1, 0.15) is 16.4 Å². The molecule has 0 aliphatic heterocycles. The van der Waals surface area contributed by atoms with Crippen LogP contribution in [0.2, 0.25) is 0 Å². The summed E-state index contributed by atoms with van der Waals surface area (Å²) >= 11 is 1.81. The van der Waals surface area contributed by atoms with Gasteiger partial charge in [-0.15, -0.1) is 11.3 Å². The highest BCUT2D eigenvalue weighted by atomic mass is 32.1. The summed E-state index contributed by atoms with van der Waals surface area (Å²) in [5.74, 6) is 2.30. The molecule has 4 aromatic rings. The second kappa shape index (κ2) is 5.81. The Kier molecular flexibility index (Phi) is 3.45. The normalized spacial score (nSPS) is 14.0. The van der Waals surface area contributed by atoms with E-state index in [4.69, 9.17) is 4.74 Å². The summed E-state index contributed by atoms with van der Waals surface area (Å²) in [7, 11) is 0. The van der Waals surface area contributed by atoms with Gasteiger partial charge < -0.3 is 4.74 Å². The molecule has 0 bridgehead atoms. The zero-order valence-electron chi connectivity index (χ0n) is 14.1. The Bertz CT molecular complexity index is 1100. The van der Waals surface area contributed by atoms with Gasteiger partial charge in [-0.3, -0.25) is 0 Å². The van der Waals surface area contributed by atoms with E-state index in [0.717, 1.165) is 34.6 Å². The first kappa shape index (κ1) is 14.8. The van der Waals surface area contributed by atoms with Crippen molar-refractivity contribution in [2.45, 2.75) is 32.6 Å². The van der Waals surface area contributed by atoms with Crippen molar-refractivity contribution in [3.05, 3.63) is 58.7 Å². The lowest BCUT2D eigenvalue weighted by molar-refractivity contribution is 0.467. The van der Waals surface area contributed by atoms with Crippen molar-refractivity contribution < 1.29 is 4.74 Å². The fourth-order valence-corrected chi connectivity index (χ4v) is 4.94. The molecule has 0 fully saturated rings. The van der Waals surface area contributed by atoms with Gasteiger partial charge >= 0.3 is 0 Å². The summed E-state index contributed by atoms with van der Waals surface area (Å²) in [4.78, 5) is 11.8. The van der Waals surface area contributed by atoms with Crippen LogP contribution in [0.25, 0.3) is 21.0 Å². The molecule has 0 N–H and O–H groups in total. The molecule has 1 aliphatic rings. The number of fused-ring (bicyclic) bond motifs is 4. The molecule has 124 valence electrons. The van der Waals surface area contributed by atoms with Gasteiger partial charge in [-0.25, -0.2) is 4.98 Å². The standard InChI is InChI=1S/C21H18N2OS/c1-13-22-20(19-17-8-4-5-9-18(17)25-21(19)23-13)24-16-11-10-14-6-2-3-7-15(14)12-16/h2-3,6-7,10-12H,4-5,8-9H2,1H3. The zero-order valence-corrected chi connectivity index (χ0v) is 14.9. The number of benzene rings is 2. The van der Waals surface area contributed by atoms with Crippen LogP contribution < -0.4 is 4.74 Å². The van der Waals surface area contributed by atoms with E-state index < -0.39 is 0 Å². The van der Waals surface area contributed by atoms with Crippen molar-refractivity contribution >= 4 is 32.3 Å². The lowest BCUT2D eigenvalue weighted by Gasteiger charge is -2.12. The summed E-state index contributed by atoms with van der Waals surface area (Å²) in [5, 5.41) is 3.51. The molecule has 0 radical (unpaired) electrons. The van der Waals surface area contributed by atoms with Crippen LogP contribution in [-0.4, -0.2) is 9.97 Å². The minimum Gasteiger partial charge on any atom is -0.438 e. The van der Waals surface area contributed by atoms with E-state index >= 15 is 0 Å². The van der Waals surface area contributed by atoms with Gasteiger partial charge in [-0.2, -0.15) is 4.98 Å². The second-order valence-corrected chi connectivity index (χ2v) is 7.66. The maximum absolute atomic E-state index is 6.26. The first-order valence-corrected chi connectivity index (χ1v) is 9.55. The number of aryl methyl sites for hydroxylation is 3. The Balaban J connectivity index is 1.64. The molecule has 1 aliphatic carbocycles. The van der Waals surface area contributed by atoms with Crippen molar-refractivity contribution in [2.24, 2.45) is 0 Å². The highest BCUT2D eigenvalue weighted by Crippen LogP contribution is 2.40. The van der Waals surface area contributed by atoms with Crippen LogP contribution >= 0.6 is 11.3 Å². The monoisotopic (exact) mass is 346 g/mol. The Labute approximate surface area is 150 Å². The van der Waals surface area contributed by atoms with E-state index in [0.29, 0.717) is 5.88 Å². The van der Waals surface area contributed by atoms with E-state index in [-0.39, 0.29) is 0 Å². The summed E-state index contributed by atoms with van der Waals surface area (Å²) in [6, 6.07) is 14.5. The zero-order chi connectivity index (χ0) is 16.8. The lowest BCUT2D eigenvalue weighted by atomic mass is 9.97. The molecule has 3 nitrogen and oxygen atoms in total. The van der Waals surface area contributed by atoms with Crippen molar-refractivity contribution in [2.75, 3.05) is 0 Å². The maximum Gasteiger partial charge on any atom is 0.231 e. The van der Waals surface area contributed by atoms with Gasteiger partial charge in [-0.1, -0.05) is 30.3 Å². The van der Waals surface area contributed by atoms with Gasteiger partial charge in [0.2, 0.25) is 5.88 Å². The highest BCUT2D eigenvalue weighted by Gasteiger charge is 2.21. The van der Waals surface area contributed by atoms with Crippen molar-refractivity contribution in [1.82, 2.24) is 9.97 Å². The number of nitrogens with zero attached hydrogens (tertiary/aromatic N) is 2. The third kappa shape index (κ3) is 2.57. The molecular weight excluding hydrogens is 328 g/mol. The largest absolute Gasteiger partial charge is 0.438 e. The van der Waals surface area contributed by atoms with Crippen LogP contribution in [0.3, 0.4) is 0 Å². The Morgan fingerprint density at radius 3 is 2.72 bits per heavy atom. The molecule has 0 amide bonds. The minimum absolute atomic E-state index is 0.706.